The highest BCUT2D eigenvalue weighted by atomic mass is 32.2. The number of pyridine rings is 2. The molecule has 176 valence electrons. The van der Waals surface area contributed by atoms with Crippen LogP contribution in [0.5, 0.6) is 5.75 Å². The number of hydrogen-bond acceptors (Lipinski definition) is 7. The third-order valence-electron chi connectivity index (χ3n) is 5.30. The molecular formula is C24H17FN4O5S. The van der Waals surface area contributed by atoms with Crippen LogP contribution in [0.1, 0.15) is 0 Å². The van der Waals surface area contributed by atoms with Crippen molar-refractivity contribution in [3.63, 3.8) is 0 Å². The topological polar surface area (TPSA) is 118 Å². The van der Waals surface area contributed by atoms with Crippen LogP contribution in [-0.2, 0) is 10.0 Å². The fraction of sp³-hybridized carbons (Fsp3) is 0.0417. The Bertz CT molecular complexity index is 1700. The summed E-state index contributed by atoms with van der Waals surface area (Å²) in [5.74, 6) is -0.316. The van der Waals surface area contributed by atoms with Gasteiger partial charge >= 0.3 is 0 Å². The molecule has 0 unspecified atom stereocenters. The predicted molar refractivity (Wildman–Crippen MR) is 127 cm³/mol. The highest BCUT2D eigenvalue weighted by molar-refractivity contribution is 7.93. The Morgan fingerprint density at radius 2 is 1.86 bits per heavy atom. The molecule has 0 atom stereocenters. The van der Waals surface area contributed by atoms with Gasteiger partial charge in [0.15, 0.2) is 5.82 Å². The van der Waals surface area contributed by atoms with Gasteiger partial charge in [0.05, 0.1) is 18.2 Å². The van der Waals surface area contributed by atoms with Gasteiger partial charge in [-0.1, -0.05) is 11.2 Å². The van der Waals surface area contributed by atoms with E-state index in [1.54, 1.807) is 18.2 Å². The van der Waals surface area contributed by atoms with Crippen molar-refractivity contribution in [1.82, 2.24) is 15.1 Å². The summed E-state index contributed by atoms with van der Waals surface area (Å²) >= 11 is 0. The predicted octanol–water partition coefficient (Wildman–Crippen LogP) is 4.25. The van der Waals surface area contributed by atoms with Crippen molar-refractivity contribution < 1.29 is 22.1 Å². The van der Waals surface area contributed by atoms with Gasteiger partial charge in [-0.25, -0.2) is 17.1 Å². The maximum atomic E-state index is 14.0. The summed E-state index contributed by atoms with van der Waals surface area (Å²) in [5.41, 5.74) is 1.27. The Labute approximate surface area is 198 Å². The normalized spacial score (nSPS) is 11.5. The molecule has 2 aromatic carbocycles. The summed E-state index contributed by atoms with van der Waals surface area (Å²) in [5, 5.41) is 4.37. The molecule has 3 aromatic heterocycles. The molecule has 0 amide bonds. The zero-order chi connectivity index (χ0) is 24.6. The van der Waals surface area contributed by atoms with Crippen molar-refractivity contribution in [3.8, 4) is 16.9 Å². The first-order valence-corrected chi connectivity index (χ1v) is 11.7. The van der Waals surface area contributed by atoms with E-state index >= 15 is 0 Å². The van der Waals surface area contributed by atoms with Gasteiger partial charge in [-0.05, 0) is 53.4 Å². The molecule has 0 aliphatic rings. The lowest BCUT2D eigenvalue weighted by molar-refractivity contribution is 0.414. The van der Waals surface area contributed by atoms with Gasteiger partial charge in [-0.3, -0.25) is 9.78 Å². The maximum Gasteiger partial charge on any atom is 0.270 e. The lowest BCUT2D eigenvalue weighted by atomic mass is 10.1. The number of anilines is 2. The number of aromatic amines is 1. The van der Waals surface area contributed by atoms with Crippen LogP contribution in [0, 0.1) is 5.82 Å². The van der Waals surface area contributed by atoms with E-state index in [1.807, 2.05) is 0 Å². The van der Waals surface area contributed by atoms with E-state index in [4.69, 9.17) is 9.26 Å². The van der Waals surface area contributed by atoms with Crippen LogP contribution in [0.15, 0.2) is 93.5 Å². The lowest BCUT2D eigenvalue weighted by Crippen LogP contribution is -2.27. The molecule has 0 saturated carbocycles. The number of H-pyrrole nitrogens is 1. The molecule has 0 aliphatic carbocycles. The SMILES string of the molecule is COc1ccc(-c2cncc(F)c2)cc1N(c1ccon1)S(=O)(=O)c1ccc2[nH]c(=O)ccc2c1. The number of methoxy groups -OCH3 is 1. The maximum absolute atomic E-state index is 14.0. The molecule has 0 fully saturated rings. The first kappa shape index (κ1) is 22.3. The molecule has 9 nitrogen and oxygen atoms in total. The van der Waals surface area contributed by atoms with E-state index in [1.165, 1.54) is 62.0 Å². The largest absolute Gasteiger partial charge is 0.495 e. The Morgan fingerprint density at radius 1 is 1.00 bits per heavy atom. The first-order chi connectivity index (χ1) is 16.9. The van der Waals surface area contributed by atoms with Crippen LogP contribution in [0.2, 0.25) is 0 Å². The number of fused-ring (bicyclic) bond motifs is 1. The third-order valence-corrected chi connectivity index (χ3v) is 7.02. The highest BCUT2D eigenvalue weighted by Crippen LogP contribution is 2.40. The Hall–Kier alpha value is -4.51. The van der Waals surface area contributed by atoms with Crippen molar-refractivity contribution >= 4 is 32.4 Å². The minimum absolute atomic E-state index is 0.0145. The molecule has 0 saturated heterocycles. The number of nitrogens with zero attached hydrogens (tertiary/aromatic N) is 3. The van der Waals surface area contributed by atoms with E-state index in [2.05, 4.69) is 15.1 Å². The number of sulfonamides is 1. The summed E-state index contributed by atoms with van der Waals surface area (Å²) < 4.78 is 53.1. The van der Waals surface area contributed by atoms with Crippen molar-refractivity contribution in [3.05, 3.63) is 95.5 Å². The fourth-order valence-corrected chi connectivity index (χ4v) is 5.15. The van der Waals surface area contributed by atoms with Gasteiger partial charge in [0.25, 0.3) is 10.0 Å². The third kappa shape index (κ3) is 4.13. The van der Waals surface area contributed by atoms with Gasteiger partial charge in [0, 0.05) is 29.4 Å². The number of benzene rings is 2. The smallest absolute Gasteiger partial charge is 0.270 e. The summed E-state index contributed by atoms with van der Waals surface area (Å²) in [6, 6.07) is 14.6. The van der Waals surface area contributed by atoms with Gasteiger partial charge in [0.1, 0.15) is 23.5 Å². The highest BCUT2D eigenvalue weighted by Gasteiger charge is 2.31. The average molecular weight is 492 g/mol. The Morgan fingerprint density at radius 3 is 2.60 bits per heavy atom. The van der Waals surface area contributed by atoms with Gasteiger partial charge < -0.3 is 14.2 Å². The van der Waals surface area contributed by atoms with E-state index in [-0.39, 0.29) is 27.7 Å². The number of nitrogens with one attached hydrogen (secondary N) is 1. The molecule has 0 aliphatic heterocycles. The monoisotopic (exact) mass is 492 g/mol. The molecule has 35 heavy (non-hydrogen) atoms. The average Bonchev–Trinajstić information content (AvgIpc) is 3.37. The number of halogens is 1. The molecule has 11 heteroatoms. The Kier molecular flexibility index (Phi) is 5.53. The van der Waals surface area contributed by atoms with Gasteiger partial charge in [0.2, 0.25) is 5.56 Å². The zero-order valence-electron chi connectivity index (χ0n) is 18.2. The molecule has 1 N–H and O–H groups in total. The molecule has 0 bridgehead atoms. The fourth-order valence-electron chi connectivity index (χ4n) is 3.68. The second kappa shape index (κ2) is 8.69. The van der Waals surface area contributed by atoms with E-state index < -0.39 is 15.8 Å². The quantitative estimate of drug-likeness (QED) is 0.376. The summed E-state index contributed by atoms with van der Waals surface area (Å²) in [4.78, 5) is 18.1. The summed E-state index contributed by atoms with van der Waals surface area (Å²) in [6.07, 6.45) is 3.79. The van der Waals surface area contributed by atoms with Gasteiger partial charge in [-0.15, -0.1) is 0 Å². The molecule has 0 spiro atoms. The number of aromatic nitrogens is 3. The van der Waals surface area contributed by atoms with Crippen molar-refractivity contribution in [2.24, 2.45) is 0 Å². The van der Waals surface area contributed by atoms with E-state index in [0.29, 0.717) is 22.0 Å². The van der Waals surface area contributed by atoms with Crippen LogP contribution < -0.4 is 14.6 Å². The lowest BCUT2D eigenvalue weighted by Gasteiger charge is -2.24. The second-order valence-corrected chi connectivity index (χ2v) is 9.26. The molecular weight excluding hydrogens is 475 g/mol. The number of rotatable bonds is 6. The standard InChI is InChI=1S/C24H17FN4O5S/c1-33-22-6-2-15(17-10-18(25)14-26-13-17)12-21(22)29(23-8-9-34-28-23)35(31,32)19-4-5-20-16(11-19)3-7-24(30)27-20/h2-14H,1H3,(H,27,30). The summed E-state index contributed by atoms with van der Waals surface area (Å²) in [7, 11) is -2.86. The molecule has 5 rings (SSSR count). The van der Waals surface area contributed by atoms with Crippen LogP contribution in [0.3, 0.4) is 0 Å². The van der Waals surface area contributed by atoms with Crippen LogP contribution in [0.25, 0.3) is 22.0 Å². The van der Waals surface area contributed by atoms with Crippen molar-refractivity contribution in [1.29, 1.82) is 0 Å². The van der Waals surface area contributed by atoms with E-state index in [9.17, 15) is 17.6 Å². The molecule has 3 heterocycles. The van der Waals surface area contributed by atoms with Gasteiger partial charge in [-0.2, -0.15) is 0 Å². The zero-order valence-corrected chi connectivity index (χ0v) is 19.0. The number of ether oxygens (including phenoxy) is 1. The van der Waals surface area contributed by atoms with Crippen LogP contribution in [-0.4, -0.2) is 30.7 Å². The minimum atomic E-state index is -4.27. The minimum Gasteiger partial charge on any atom is -0.495 e. The Balaban J connectivity index is 1.72. The van der Waals surface area contributed by atoms with Crippen molar-refractivity contribution in [2.45, 2.75) is 4.90 Å². The second-order valence-electron chi connectivity index (χ2n) is 7.48. The first-order valence-electron chi connectivity index (χ1n) is 10.2. The van der Waals surface area contributed by atoms with Crippen molar-refractivity contribution in [2.75, 3.05) is 11.4 Å². The molecule has 0 radical (unpaired) electrons. The van der Waals surface area contributed by atoms with E-state index in [0.717, 1.165) is 10.5 Å². The van der Waals surface area contributed by atoms with Crippen LogP contribution >= 0.6 is 0 Å². The molecule has 5 aromatic rings. The summed E-state index contributed by atoms with van der Waals surface area (Å²) in [6.45, 7) is 0. The number of hydrogen-bond donors (Lipinski definition) is 1. The van der Waals surface area contributed by atoms with Crippen LogP contribution in [0.4, 0.5) is 15.9 Å².